The number of halogens is 2. The first-order valence-corrected chi connectivity index (χ1v) is 5.74. The predicted octanol–water partition coefficient (Wildman–Crippen LogP) is 0.830. The summed E-state index contributed by atoms with van der Waals surface area (Å²) in [5.41, 5.74) is 0. The number of piperidine rings is 1. The van der Waals surface area contributed by atoms with Crippen LogP contribution in [-0.2, 0) is 9.59 Å². The Hall–Kier alpha value is -1.04. The molecule has 0 unspecified atom stereocenters. The van der Waals surface area contributed by atoms with Gasteiger partial charge in [0.1, 0.15) is 6.10 Å². The molecule has 0 saturated carbocycles. The van der Waals surface area contributed by atoms with E-state index in [0.29, 0.717) is 6.42 Å². The summed E-state index contributed by atoms with van der Waals surface area (Å²) in [4.78, 5) is 24.1. The average molecular weight is 249 g/mol. The summed E-state index contributed by atoms with van der Waals surface area (Å²) >= 11 is 0. The van der Waals surface area contributed by atoms with Gasteiger partial charge in [-0.2, -0.15) is 0 Å². The number of ketones is 1. The zero-order chi connectivity index (χ0) is 13.0. The molecule has 2 atom stereocenters. The molecule has 0 aromatic rings. The van der Waals surface area contributed by atoms with E-state index in [1.54, 1.807) is 0 Å². The number of Topliss-reactive ketones (excluding diaryl/α,β-unsaturated/α-hetero) is 1. The number of nitrogens with zero attached hydrogens (tertiary/aromatic N) is 1. The second kappa shape index (κ2) is 6.05. The molecule has 0 bridgehead atoms. The molecular formula is C11H17F2NO3. The minimum absolute atomic E-state index is 0.243. The third kappa shape index (κ3) is 3.46. The highest BCUT2D eigenvalue weighted by Crippen LogP contribution is 2.22. The van der Waals surface area contributed by atoms with E-state index in [2.05, 4.69) is 0 Å². The van der Waals surface area contributed by atoms with E-state index in [1.807, 2.05) is 6.92 Å². The number of aliphatic hydroxyl groups excluding tert-OH is 1. The summed E-state index contributed by atoms with van der Waals surface area (Å²) in [7, 11) is 0. The van der Waals surface area contributed by atoms with E-state index in [4.69, 9.17) is 0 Å². The molecule has 0 spiro atoms. The van der Waals surface area contributed by atoms with Gasteiger partial charge in [0.05, 0.1) is 12.5 Å². The summed E-state index contributed by atoms with van der Waals surface area (Å²) in [6.07, 6.45) is -2.68. The van der Waals surface area contributed by atoms with Crippen LogP contribution in [0, 0.1) is 5.92 Å². The Balaban J connectivity index is 2.64. The number of hydrogen-bond donors (Lipinski definition) is 1. The number of rotatable bonds is 4. The summed E-state index contributed by atoms with van der Waals surface area (Å²) < 4.78 is 25.2. The number of amides is 1. The van der Waals surface area contributed by atoms with E-state index < -0.39 is 24.2 Å². The van der Waals surface area contributed by atoms with Crippen LogP contribution >= 0.6 is 0 Å². The van der Waals surface area contributed by atoms with Crippen LogP contribution in [0.25, 0.3) is 0 Å². The van der Waals surface area contributed by atoms with E-state index in [1.165, 1.54) is 0 Å². The largest absolute Gasteiger partial charge is 0.385 e. The van der Waals surface area contributed by atoms with Gasteiger partial charge >= 0.3 is 0 Å². The molecule has 1 amide bonds. The number of alkyl halides is 2. The van der Waals surface area contributed by atoms with E-state index >= 15 is 0 Å². The monoisotopic (exact) mass is 249 g/mol. The molecule has 0 radical (unpaired) electrons. The van der Waals surface area contributed by atoms with Crippen molar-refractivity contribution in [2.45, 2.75) is 38.7 Å². The van der Waals surface area contributed by atoms with Crippen LogP contribution < -0.4 is 0 Å². The van der Waals surface area contributed by atoms with Crippen LogP contribution in [0.2, 0.25) is 0 Å². The number of hydrogen-bond acceptors (Lipinski definition) is 3. The Labute approximate surface area is 98.6 Å². The van der Waals surface area contributed by atoms with Crippen molar-refractivity contribution >= 4 is 11.7 Å². The zero-order valence-electron chi connectivity index (χ0n) is 9.73. The Morgan fingerprint density at radius 1 is 1.59 bits per heavy atom. The van der Waals surface area contributed by atoms with Gasteiger partial charge in [0.15, 0.2) is 5.78 Å². The molecule has 1 aliphatic rings. The zero-order valence-corrected chi connectivity index (χ0v) is 9.73. The van der Waals surface area contributed by atoms with Crippen LogP contribution in [0.1, 0.15) is 26.2 Å². The summed E-state index contributed by atoms with van der Waals surface area (Å²) in [6.45, 7) is 1.42. The lowest BCUT2D eigenvalue weighted by molar-refractivity contribution is -0.151. The van der Waals surface area contributed by atoms with Crippen LogP contribution in [0.15, 0.2) is 0 Å². The Morgan fingerprint density at radius 3 is 2.76 bits per heavy atom. The van der Waals surface area contributed by atoms with Crippen molar-refractivity contribution in [3.63, 3.8) is 0 Å². The fourth-order valence-electron chi connectivity index (χ4n) is 1.83. The van der Waals surface area contributed by atoms with Crippen molar-refractivity contribution < 1.29 is 23.5 Å². The standard InChI is InChI=1S/C11H17F2NO3/c1-2-3-4-9(16)14-5-7(11(12)13)10(17)8(15)6-14/h7,10-11,17H,2-6H2,1H3/t7-,10+/m0/s1. The molecule has 0 aliphatic carbocycles. The van der Waals surface area contributed by atoms with Crippen LogP contribution in [0.5, 0.6) is 0 Å². The smallest absolute Gasteiger partial charge is 0.246 e. The number of carbonyl (C=O) groups is 2. The van der Waals surface area contributed by atoms with Gasteiger partial charge in [0.25, 0.3) is 0 Å². The topological polar surface area (TPSA) is 57.6 Å². The van der Waals surface area contributed by atoms with Crippen LogP contribution in [0.3, 0.4) is 0 Å². The molecule has 0 aromatic carbocycles. The second-order valence-corrected chi connectivity index (χ2v) is 4.29. The fraction of sp³-hybridized carbons (Fsp3) is 0.818. The van der Waals surface area contributed by atoms with Gasteiger partial charge in [0.2, 0.25) is 12.3 Å². The lowest BCUT2D eigenvalue weighted by atomic mass is 9.93. The molecule has 1 N–H and O–H groups in total. The second-order valence-electron chi connectivity index (χ2n) is 4.29. The molecule has 1 rings (SSSR count). The third-order valence-corrected chi connectivity index (χ3v) is 2.93. The van der Waals surface area contributed by atoms with E-state index in [0.717, 1.165) is 11.3 Å². The molecule has 1 saturated heterocycles. The van der Waals surface area contributed by atoms with Gasteiger partial charge in [0, 0.05) is 13.0 Å². The average Bonchev–Trinajstić information content (AvgIpc) is 2.28. The molecule has 0 aromatic heterocycles. The van der Waals surface area contributed by atoms with Gasteiger partial charge in [-0.3, -0.25) is 9.59 Å². The molecule has 1 aliphatic heterocycles. The molecular weight excluding hydrogens is 232 g/mol. The van der Waals surface area contributed by atoms with E-state index in [9.17, 15) is 23.5 Å². The maximum absolute atomic E-state index is 12.6. The molecule has 6 heteroatoms. The number of unbranched alkanes of at least 4 members (excludes halogenated alkanes) is 1. The van der Waals surface area contributed by atoms with Gasteiger partial charge in [-0.1, -0.05) is 13.3 Å². The van der Waals surface area contributed by atoms with Gasteiger partial charge in [-0.15, -0.1) is 0 Å². The van der Waals surface area contributed by atoms with Crippen molar-refractivity contribution in [2.75, 3.05) is 13.1 Å². The minimum atomic E-state index is -2.80. The number of likely N-dealkylation sites (tertiary alicyclic amines) is 1. The first kappa shape index (κ1) is 14.0. The normalized spacial score (nSPS) is 25.5. The number of aliphatic hydroxyl groups is 1. The Morgan fingerprint density at radius 2 is 2.24 bits per heavy atom. The molecule has 1 fully saturated rings. The van der Waals surface area contributed by atoms with Crippen molar-refractivity contribution in [1.82, 2.24) is 4.90 Å². The summed E-state index contributed by atoms with van der Waals surface area (Å²) in [5.74, 6) is -2.45. The quantitative estimate of drug-likeness (QED) is 0.803. The van der Waals surface area contributed by atoms with Crippen molar-refractivity contribution in [2.24, 2.45) is 5.92 Å². The maximum atomic E-state index is 12.6. The highest BCUT2D eigenvalue weighted by Gasteiger charge is 2.40. The number of carbonyl (C=O) groups excluding carboxylic acids is 2. The Bertz CT molecular complexity index is 296. The lowest BCUT2D eigenvalue weighted by Gasteiger charge is -2.34. The predicted molar refractivity (Wildman–Crippen MR) is 56.6 cm³/mol. The SMILES string of the molecule is CCCCC(=O)N1CC(=O)[C@H](O)[C@@H](C(F)F)C1. The Kier molecular flexibility index (Phi) is 4.99. The minimum Gasteiger partial charge on any atom is -0.385 e. The van der Waals surface area contributed by atoms with Gasteiger partial charge < -0.3 is 10.0 Å². The van der Waals surface area contributed by atoms with Gasteiger partial charge in [-0.25, -0.2) is 8.78 Å². The first-order valence-electron chi connectivity index (χ1n) is 5.74. The van der Waals surface area contributed by atoms with Crippen molar-refractivity contribution in [3.8, 4) is 0 Å². The van der Waals surface area contributed by atoms with Crippen LogP contribution in [0.4, 0.5) is 8.78 Å². The van der Waals surface area contributed by atoms with Crippen molar-refractivity contribution in [1.29, 1.82) is 0 Å². The summed E-state index contributed by atoms with van der Waals surface area (Å²) in [5, 5.41) is 9.32. The highest BCUT2D eigenvalue weighted by atomic mass is 19.3. The molecule has 98 valence electrons. The summed E-state index contributed by atoms with van der Waals surface area (Å²) in [6, 6.07) is 0. The maximum Gasteiger partial charge on any atom is 0.246 e. The first-order chi connectivity index (χ1) is 7.97. The molecule has 1 heterocycles. The van der Waals surface area contributed by atoms with Crippen LogP contribution in [-0.4, -0.2) is 47.3 Å². The fourth-order valence-corrected chi connectivity index (χ4v) is 1.83. The van der Waals surface area contributed by atoms with Crippen molar-refractivity contribution in [3.05, 3.63) is 0 Å². The lowest BCUT2D eigenvalue weighted by Crippen LogP contribution is -2.54. The highest BCUT2D eigenvalue weighted by molar-refractivity contribution is 5.90. The van der Waals surface area contributed by atoms with Gasteiger partial charge in [-0.05, 0) is 6.42 Å². The molecule has 17 heavy (non-hydrogen) atoms. The molecule has 4 nitrogen and oxygen atoms in total. The third-order valence-electron chi connectivity index (χ3n) is 2.93. The van der Waals surface area contributed by atoms with E-state index in [-0.39, 0.29) is 25.4 Å².